The fourth-order valence-corrected chi connectivity index (χ4v) is 8.32. The number of carbonyl (C=O) groups excluding carboxylic acids is 1. The van der Waals surface area contributed by atoms with Crippen molar-refractivity contribution in [2.45, 2.75) is 51.0 Å². The van der Waals surface area contributed by atoms with Crippen molar-refractivity contribution < 1.29 is 9.90 Å². The van der Waals surface area contributed by atoms with E-state index in [1.807, 2.05) is 3.92 Å². The maximum atomic E-state index is 11.5. The molecule has 3 rings (SSSR count). The molecule has 1 heterocycles. The van der Waals surface area contributed by atoms with Gasteiger partial charge in [0.15, 0.2) is 0 Å². The Kier molecular flexibility index (Phi) is 2.18. The molecule has 2 aliphatic carbocycles. The molecular weight excluding hydrogens is 281 g/mol. The molecule has 4 atom stereocenters. The zero-order valence-corrected chi connectivity index (χ0v) is 12.7. The van der Waals surface area contributed by atoms with E-state index in [-0.39, 0.29) is 31.9 Å². The number of aliphatic hydroxyl groups is 1. The van der Waals surface area contributed by atoms with E-state index in [1.165, 1.54) is 6.42 Å². The summed E-state index contributed by atoms with van der Waals surface area (Å²) in [5, 5.41) is 11.2. The molecular formula is C13H21NO2Se. The molecule has 1 amide bonds. The fourth-order valence-electron chi connectivity index (χ4n) is 4.49. The van der Waals surface area contributed by atoms with E-state index in [4.69, 9.17) is 0 Å². The van der Waals surface area contributed by atoms with Crippen LogP contribution in [0.5, 0.6) is 0 Å². The molecule has 96 valence electrons. The minimum absolute atomic E-state index is 0.0126. The maximum absolute atomic E-state index is 11.5. The van der Waals surface area contributed by atoms with Gasteiger partial charge in [0.2, 0.25) is 0 Å². The van der Waals surface area contributed by atoms with Crippen molar-refractivity contribution in [2.24, 2.45) is 16.7 Å². The molecule has 2 bridgehead atoms. The molecule has 3 fully saturated rings. The molecule has 0 aromatic carbocycles. The van der Waals surface area contributed by atoms with Gasteiger partial charge in [0.05, 0.1) is 0 Å². The molecule has 0 spiro atoms. The summed E-state index contributed by atoms with van der Waals surface area (Å²) >= 11 is 0.140. The Bertz CT molecular complexity index is 397. The predicted molar refractivity (Wildman–Crippen MR) is 66.5 cm³/mol. The van der Waals surface area contributed by atoms with Gasteiger partial charge in [-0.2, -0.15) is 0 Å². The van der Waals surface area contributed by atoms with Crippen LogP contribution in [-0.4, -0.2) is 42.3 Å². The molecule has 0 radical (unpaired) electrons. The van der Waals surface area contributed by atoms with Crippen LogP contribution in [-0.2, 0) is 4.79 Å². The molecule has 0 aromatic rings. The zero-order chi connectivity index (χ0) is 12.6. The van der Waals surface area contributed by atoms with Crippen LogP contribution in [0.15, 0.2) is 0 Å². The number of carbonyl (C=O) groups is 1. The summed E-state index contributed by atoms with van der Waals surface area (Å²) in [7, 11) is 0. The fraction of sp³-hybridized carbons (Fsp3) is 0.923. The molecule has 4 heteroatoms. The quantitative estimate of drug-likeness (QED) is 0.688. The van der Waals surface area contributed by atoms with Gasteiger partial charge in [0.1, 0.15) is 0 Å². The number of β-amino-alcohol motifs (C(OH)–C–C–N with tert-alkyl or cyclic N) is 1. The second-order valence-corrected chi connectivity index (χ2v) is 9.14. The topological polar surface area (TPSA) is 40.5 Å². The Labute approximate surface area is 109 Å². The van der Waals surface area contributed by atoms with Crippen LogP contribution in [0.1, 0.15) is 40.5 Å². The van der Waals surface area contributed by atoms with Crippen LogP contribution >= 0.6 is 0 Å². The Morgan fingerprint density at radius 2 is 2.06 bits per heavy atom. The molecule has 1 aliphatic heterocycles. The van der Waals surface area contributed by atoms with Crippen LogP contribution in [0, 0.1) is 16.7 Å². The van der Waals surface area contributed by atoms with Crippen molar-refractivity contribution in [1.82, 2.24) is 3.92 Å². The van der Waals surface area contributed by atoms with Crippen LogP contribution < -0.4 is 0 Å². The van der Waals surface area contributed by atoms with Crippen LogP contribution in [0.25, 0.3) is 0 Å². The normalized spacial score (nSPS) is 50.8. The van der Waals surface area contributed by atoms with Gasteiger partial charge < -0.3 is 0 Å². The van der Waals surface area contributed by atoms with Gasteiger partial charge >= 0.3 is 109 Å². The first-order chi connectivity index (χ1) is 7.74. The first kappa shape index (κ1) is 12.0. The van der Waals surface area contributed by atoms with Gasteiger partial charge in [-0.25, -0.2) is 0 Å². The molecule has 3 aliphatic rings. The van der Waals surface area contributed by atoms with Gasteiger partial charge in [-0.1, -0.05) is 0 Å². The molecule has 2 saturated carbocycles. The van der Waals surface area contributed by atoms with Crippen molar-refractivity contribution in [3.8, 4) is 0 Å². The third-order valence-corrected chi connectivity index (χ3v) is 9.40. The van der Waals surface area contributed by atoms with Gasteiger partial charge in [0.25, 0.3) is 0 Å². The SMILES string of the molecule is CC(=O)N1C[C@@]2(O)[C@@H]([Se]1)[C@H]1CC[C@]2(C)C1(C)C. The summed E-state index contributed by atoms with van der Waals surface area (Å²) in [6.07, 6.45) is 2.34. The average Bonchev–Trinajstić information content (AvgIpc) is 2.71. The summed E-state index contributed by atoms with van der Waals surface area (Å²) in [5.41, 5.74) is -0.413. The van der Waals surface area contributed by atoms with Gasteiger partial charge in [-0.05, 0) is 0 Å². The molecule has 17 heavy (non-hydrogen) atoms. The second-order valence-electron chi connectivity index (χ2n) is 6.70. The van der Waals surface area contributed by atoms with E-state index >= 15 is 0 Å². The van der Waals surface area contributed by atoms with Crippen molar-refractivity contribution in [2.75, 3.05) is 6.54 Å². The van der Waals surface area contributed by atoms with Gasteiger partial charge in [-0.15, -0.1) is 0 Å². The third-order valence-electron chi connectivity index (χ3n) is 6.07. The minimum atomic E-state index is -0.620. The monoisotopic (exact) mass is 303 g/mol. The summed E-state index contributed by atoms with van der Waals surface area (Å²) in [5.74, 6) is 0.732. The Hall–Kier alpha value is -0.0505. The first-order valence-corrected chi connectivity index (χ1v) is 8.17. The van der Waals surface area contributed by atoms with Crippen molar-refractivity contribution in [3.05, 3.63) is 0 Å². The number of hydrogen-bond acceptors (Lipinski definition) is 2. The standard InChI is InChI=1S/C13H21NO2Se/c1-8(15)14-7-13(16)10(17-14)9-5-6-12(13,4)11(9,2)3/h9-10,16H,5-7H2,1-4H3/t9-,10+,12-,13-/m1/s1. The molecule has 0 unspecified atom stereocenters. The predicted octanol–water partition coefficient (Wildman–Crippen LogP) is 1.44. The number of rotatable bonds is 0. The number of hydrogen-bond donors (Lipinski definition) is 1. The number of fused-ring (bicyclic) bond motifs is 5. The second kappa shape index (κ2) is 3.09. The Morgan fingerprint density at radius 3 is 2.59 bits per heavy atom. The number of amides is 1. The van der Waals surface area contributed by atoms with Crippen LogP contribution in [0.2, 0.25) is 4.82 Å². The summed E-state index contributed by atoms with van der Waals surface area (Å²) in [6, 6.07) is 0. The summed E-state index contributed by atoms with van der Waals surface area (Å²) in [4.78, 5) is 11.9. The molecule has 1 N–H and O–H groups in total. The average molecular weight is 302 g/mol. The van der Waals surface area contributed by atoms with E-state index in [1.54, 1.807) is 6.92 Å². The van der Waals surface area contributed by atoms with Crippen molar-refractivity contribution in [1.29, 1.82) is 0 Å². The Morgan fingerprint density at radius 1 is 1.41 bits per heavy atom. The van der Waals surface area contributed by atoms with E-state index in [9.17, 15) is 9.90 Å². The van der Waals surface area contributed by atoms with Crippen LogP contribution in [0.3, 0.4) is 0 Å². The number of nitrogens with zero attached hydrogens (tertiary/aromatic N) is 1. The van der Waals surface area contributed by atoms with Crippen molar-refractivity contribution in [3.63, 3.8) is 0 Å². The van der Waals surface area contributed by atoms with Gasteiger partial charge in [0, 0.05) is 0 Å². The first-order valence-electron chi connectivity index (χ1n) is 6.41. The zero-order valence-electron chi connectivity index (χ0n) is 11.0. The van der Waals surface area contributed by atoms with E-state index < -0.39 is 5.60 Å². The van der Waals surface area contributed by atoms with E-state index in [0.29, 0.717) is 17.3 Å². The summed E-state index contributed by atoms with van der Waals surface area (Å²) < 4.78 is 1.91. The van der Waals surface area contributed by atoms with Gasteiger partial charge in [-0.3, -0.25) is 0 Å². The van der Waals surface area contributed by atoms with Crippen LogP contribution in [0.4, 0.5) is 0 Å². The molecule has 3 nitrogen and oxygen atoms in total. The third kappa shape index (κ3) is 1.11. The summed E-state index contributed by atoms with van der Waals surface area (Å²) in [6.45, 7) is 9.07. The molecule has 1 saturated heterocycles. The van der Waals surface area contributed by atoms with E-state index in [0.717, 1.165) is 6.42 Å². The molecule has 0 aromatic heterocycles. The van der Waals surface area contributed by atoms with Crippen molar-refractivity contribution >= 4 is 21.1 Å². The Balaban J connectivity index is 2.03. The van der Waals surface area contributed by atoms with E-state index in [2.05, 4.69) is 20.8 Å².